The Kier molecular flexibility index (Phi) is 4.87. The van der Waals surface area contributed by atoms with Crippen LogP contribution in [0.2, 0.25) is 0 Å². The number of ether oxygens (including phenoxy) is 1. The molecule has 0 aromatic heterocycles. The lowest BCUT2D eigenvalue weighted by Crippen LogP contribution is -2.39. The van der Waals surface area contributed by atoms with Crippen molar-refractivity contribution in [3.8, 4) is 5.75 Å². The van der Waals surface area contributed by atoms with Crippen LogP contribution in [0.25, 0.3) is 0 Å². The molecule has 0 amide bonds. The molecule has 2 aromatic rings. The lowest BCUT2D eigenvalue weighted by Gasteiger charge is -2.32. The molecule has 0 saturated carbocycles. The first-order valence-electron chi connectivity index (χ1n) is 8.35. The maximum absolute atomic E-state index is 6.10. The molecule has 0 bridgehead atoms. The number of hydrogen-bond donors (Lipinski definition) is 1. The number of rotatable bonds is 6. The second-order valence-corrected chi connectivity index (χ2v) is 6.45. The van der Waals surface area contributed by atoms with Gasteiger partial charge < -0.3 is 15.4 Å². The molecule has 0 radical (unpaired) electrons. The summed E-state index contributed by atoms with van der Waals surface area (Å²) in [4.78, 5) is 2.28. The third-order valence-electron chi connectivity index (χ3n) is 5.03. The van der Waals surface area contributed by atoms with Gasteiger partial charge >= 0.3 is 0 Å². The Labute approximate surface area is 139 Å². The van der Waals surface area contributed by atoms with Gasteiger partial charge in [-0.05, 0) is 48.4 Å². The van der Waals surface area contributed by atoms with Crippen LogP contribution >= 0.6 is 0 Å². The van der Waals surface area contributed by atoms with Crippen LogP contribution in [0, 0.1) is 5.92 Å². The van der Waals surface area contributed by atoms with Gasteiger partial charge in [-0.25, -0.2) is 0 Å². The molecule has 1 unspecified atom stereocenters. The number of likely N-dealkylation sites (N-methyl/N-ethyl adjacent to an activating group) is 1. The lowest BCUT2D eigenvalue weighted by atomic mass is 9.96. The smallest absolute Gasteiger partial charge is 0.142 e. The predicted molar refractivity (Wildman–Crippen MR) is 96.2 cm³/mol. The molecule has 1 atom stereocenters. The molecule has 0 saturated heterocycles. The van der Waals surface area contributed by atoms with Crippen LogP contribution in [0.1, 0.15) is 17.5 Å². The fourth-order valence-electron chi connectivity index (χ4n) is 3.73. The summed E-state index contributed by atoms with van der Waals surface area (Å²) in [6.07, 6.45) is 3.46. The monoisotopic (exact) mass is 310 g/mol. The van der Waals surface area contributed by atoms with Crippen molar-refractivity contribution in [1.29, 1.82) is 0 Å². The van der Waals surface area contributed by atoms with E-state index in [0.29, 0.717) is 18.5 Å². The average molecular weight is 310 g/mol. The van der Waals surface area contributed by atoms with E-state index in [1.165, 1.54) is 24.0 Å². The largest absolute Gasteiger partial charge is 0.495 e. The number of methoxy groups -OCH3 is 1. The van der Waals surface area contributed by atoms with Gasteiger partial charge in [-0.3, -0.25) is 0 Å². The normalized spacial score (nSPS) is 15.3. The minimum Gasteiger partial charge on any atom is -0.495 e. The standard InChI is InChI=1S/C20H26N2O/c1-22(19-9-5-6-10-20(19)23-2)18(14-21)13-15-11-16-7-3-4-8-17(16)12-15/h3-10,15,18H,11-14,21H2,1-2H3. The first-order chi connectivity index (χ1) is 11.2. The molecule has 2 aromatic carbocycles. The second-order valence-electron chi connectivity index (χ2n) is 6.45. The molecule has 0 spiro atoms. The number of hydrogen-bond acceptors (Lipinski definition) is 3. The molecule has 122 valence electrons. The van der Waals surface area contributed by atoms with Crippen LogP contribution in [0.3, 0.4) is 0 Å². The van der Waals surface area contributed by atoms with E-state index in [4.69, 9.17) is 10.5 Å². The van der Waals surface area contributed by atoms with Gasteiger partial charge in [-0.1, -0.05) is 36.4 Å². The quantitative estimate of drug-likeness (QED) is 0.890. The Morgan fingerprint density at radius 1 is 1.09 bits per heavy atom. The lowest BCUT2D eigenvalue weighted by molar-refractivity contribution is 0.407. The van der Waals surface area contributed by atoms with Gasteiger partial charge in [0.15, 0.2) is 0 Å². The number of benzene rings is 2. The van der Waals surface area contributed by atoms with Gasteiger partial charge in [0.25, 0.3) is 0 Å². The highest BCUT2D eigenvalue weighted by Crippen LogP contribution is 2.33. The Morgan fingerprint density at radius 2 is 1.70 bits per heavy atom. The first kappa shape index (κ1) is 15.9. The van der Waals surface area contributed by atoms with Crippen molar-refractivity contribution in [3.05, 3.63) is 59.7 Å². The molecule has 23 heavy (non-hydrogen) atoms. The molecule has 1 aliphatic carbocycles. The van der Waals surface area contributed by atoms with E-state index in [2.05, 4.69) is 42.3 Å². The van der Waals surface area contributed by atoms with Crippen molar-refractivity contribution in [2.24, 2.45) is 11.7 Å². The van der Waals surface area contributed by atoms with Gasteiger partial charge in [-0.15, -0.1) is 0 Å². The summed E-state index contributed by atoms with van der Waals surface area (Å²) in [5.41, 5.74) is 10.2. The van der Waals surface area contributed by atoms with E-state index in [-0.39, 0.29) is 0 Å². The molecule has 2 N–H and O–H groups in total. The molecule has 1 aliphatic rings. The molecular weight excluding hydrogens is 284 g/mol. The summed E-state index contributed by atoms with van der Waals surface area (Å²) in [6, 6.07) is 17.3. The summed E-state index contributed by atoms with van der Waals surface area (Å²) in [6.45, 7) is 0.654. The van der Waals surface area contributed by atoms with Crippen LogP contribution < -0.4 is 15.4 Å². The van der Waals surface area contributed by atoms with Gasteiger partial charge in [-0.2, -0.15) is 0 Å². The Hall–Kier alpha value is -2.00. The zero-order chi connectivity index (χ0) is 16.2. The van der Waals surface area contributed by atoms with Gasteiger partial charge in [0.2, 0.25) is 0 Å². The summed E-state index contributed by atoms with van der Waals surface area (Å²) < 4.78 is 5.50. The molecule has 0 heterocycles. The molecular formula is C20H26N2O. The van der Waals surface area contributed by atoms with Crippen molar-refractivity contribution in [2.75, 3.05) is 25.6 Å². The van der Waals surface area contributed by atoms with Crippen molar-refractivity contribution in [3.63, 3.8) is 0 Å². The van der Waals surface area contributed by atoms with E-state index in [9.17, 15) is 0 Å². The second kappa shape index (κ2) is 7.05. The Balaban J connectivity index is 1.71. The molecule has 3 heteroatoms. The number of fused-ring (bicyclic) bond motifs is 1. The minimum absolute atomic E-state index is 0.325. The minimum atomic E-state index is 0.325. The fourth-order valence-corrected chi connectivity index (χ4v) is 3.73. The van der Waals surface area contributed by atoms with Crippen molar-refractivity contribution in [1.82, 2.24) is 0 Å². The average Bonchev–Trinajstić information content (AvgIpc) is 3.01. The molecule has 3 nitrogen and oxygen atoms in total. The molecule has 0 fully saturated rings. The van der Waals surface area contributed by atoms with Crippen LogP contribution in [-0.2, 0) is 12.8 Å². The predicted octanol–water partition coefficient (Wildman–Crippen LogP) is 3.26. The summed E-state index contributed by atoms with van der Waals surface area (Å²) in [7, 11) is 3.84. The van der Waals surface area contributed by atoms with E-state index in [1.807, 2.05) is 18.2 Å². The summed E-state index contributed by atoms with van der Waals surface area (Å²) in [5, 5.41) is 0. The number of anilines is 1. The third-order valence-corrected chi connectivity index (χ3v) is 5.03. The van der Waals surface area contributed by atoms with Crippen LogP contribution in [0.5, 0.6) is 5.75 Å². The van der Waals surface area contributed by atoms with Gasteiger partial charge in [0.1, 0.15) is 5.75 Å². The third kappa shape index (κ3) is 3.35. The van der Waals surface area contributed by atoms with E-state index in [0.717, 1.165) is 17.9 Å². The van der Waals surface area contributed by atoms with Crippen LogP contribution in [-0.4, -0.2) is 26.7 Å². The summed E-state index contributed by atoms with van der Waals surface area (Å²) in [5.74, 6) is 1.58. The summed E-state index contributed by atoms with van der Waals surface area (Å²) >= 11 is 0. The fraction of sp³-hybridized carbons (Fsp3) is 0.400. The van der Waals surface area contributed by atoms with Crippen LogP contribution in [0.4, 0.5) is 5.69 Å². The van der Waals surface area contributed by atoms with E-state index in [1.54, 1.807) is 7.11 Å². The highest BCUT2D eigenvalue weighted by molar-refractivity contribution is 5.58. The van der Waals surface area contributed by atoms with Crippen molar-refractivity contribution >= 4 is 5.69 Å². The SMILES string of the molecule is COc1ccccc1N(C)C(CN)CC1Cc2ccccc2C1. The number of nitrogens with zero attached hydrogens (tertiary/aromatic N) is 1. The van der Waals surface area contributed by atoms with Gasteiger partial charge in [0.05, 0.1) is 12.8 Å². The zero-order valence-corrected chi connectivity index (χ0v) is 14.0. The zero-order valence-electron chi connectivity index (χ0n) is 14.0. The van der Waals surface area contributed by atoms with E-state index >= 15 is 0 Å². The maximum Gasteiger partial charge on any atom is 0.142 e. The Bertz CT molecular complexity index is 631. The highest BCUT2D eigenvalue weighted by Gasteiger charge is 2.26. The van der Waals surface area contributed by atoms with Gasteiger partial charge in [0, 0.05) is 19.6 Å². The molecule has 0 aliphatic heterocycles. The van der Waals surface area contributed by atoms with Crippen molar-refractivity contribution < 1.29 is 4.74 Å². The Morgan fingerprint density at radius 3 is 2.30 bits per heavy atom. The first-order valence-corrected chi connectivity index (χ1v) is 8.35. The number of para-hydroxylation sites is 2. The molecule has 3 rings (SSSR count). The maximum atomic E-state index is 6.10. The van der Waals surface area contributed by atoms with E-state index < -0.39 is 0 Å². The topological polar surface area (TPSA) is 38.5 Å². The van der Waals surface area contributed by atoms with Crippen molar-refractivity contribution in [2.45, 2.75) is 25.3 Å². The van der Waals surface area contributed by atoms with Crippen LogP contribution in [0.15, 0.2) is 48.5 Å². The highest BCUT2D eigenvalue weighted by atomic mass is 16.5. The number of nitrogens with two attached hydrogens (primary N) is 1.